The Morgan fingerprint density at radius 3 is 2.27 bits per heavy atom. The van der Waals surface area contributed by atoms with E-state index in [1.54, 1.807) is 6.21 Å². The first-order valence-electron chi connectivity index (χ1n) is 9.04. The summed E-state index contributed by atoms with van der Waals surface area (Å²) in [6.07, 6.45) is 7.13. The standard InChI is InChI=1S/C20H20BrN3O2/c1-23(2)16-6-3-10(7-15(16)21)9-22-24-19(25)17-11-4-5-12(14-8-13(11)14)18(17)20(24)26/h3-7,9,11-14,17-18H,8H2,1-2H3/b22-9-/t11-,12-,13-,14-,17-,18+/m1/s1. The maximum atomic E-state index is 12.9. The van der Waals surface area contributed by atoms with Crippen LogP contribution in [0.1, 0.15) is 12.0 Å². The summed E-state index contributed by atoms with van der Waals surface area (Å²) in [4.78, 5) is 27.8. The van der Waals surface area contributed by atoms with Crippen LogP contribution in [-0.4, -0.2) is 37.1 Å². The molecule has 0 unspecified atom stereocenters. The molecule has 2 amide bonds. The number of rotatable bonds is 3. The lowest BCUT2D eigenvalue weighted by atomic mass is 9.63. The van der Waals surface area contributed by atoms with Gasteiger partial charge in [0.1, 0.15) is 0 Å². The molecule has 1 saturated heterocycles. The van der Waals surface area contributed by atoms with Gasteiger partial charge < -0.3 is 4.90 Å². The third-order valence-electron chi connectivity index (χ3n) is 6.42. The number of carbonyl (C=O) groups is 2. The Bertz CT molecular complexity index is 842. The lowest BCUT2D eigenvalue weighted by Gasteiger charge is -2.37. The smallest absolute Gasteiger partial charge is 0.254 e. The van der Waals surface area contributed by atoms with E-state index in [4.69, 9.17) is 0 Å². The molecule has 134 valence electrons. The molecule has 5 aliphatic rings. The molecule has 0 aromatic heterocycles. The highest BCUT2D eigenvalue weighted by atomic mass is 79.9. The number of hydrazone groups is 1. The van der Waals surface area contributed by atoms with Crippen molar-refractivity contribution in [3.8, 4) is 0 Å². The van der Waals surface area contributed by atoms with Crippen molar-refractivity contribution in [3.05, 3.63) is 40.4 Å². The maximum absolute atomic E-state index is 12.9. The molecule has 1 heterocycles. The fourth-order valence-corrected chi connectivity index (χ4v) is 5.90. The predicted octanol–water partition coefficient (Wildman–Crippen LogP) is 2.90. The summed E-state index contributed by atoms with van der Waals surface area (Å²) < 4.78 is 0.946. The number of nitrogens with zero attached hydrogens (tertiary/aromatic N) is 3. The van der Waals surface area contributed by atoms with Gasteiger partial charge in [-0.25, -0.2) is 0 Å². The average Bonchev–Trinajstić information content (AvgIpc) is 3.39. The van der Waals surface area contributed by atoms with Crippen LogP contribution in [0, 0.1) is 35.5 Å². The number of halogens is 1. The van der Waals surface area contributed by atoms with Crippen LogP contribution in [0.15, 0.2) is 39.9 Å². The quantitative estimate of drug-likeness (QED) is 0.434. The van der Waals surface area contributed by atoms with Crippen molar-refractivity contribution in [2.75, 3.05) is 19.0 Å². The Morgan fingerprint density at radius 2 is 1.73 bits per heavy atom. The zero-order valence-corrected chi connectivity index (χ0v) is 16.3. The van der Waals surface area contributed by atoms with Gasteiger partial charge in [0.25, 0.3) is 11.8 Å². The number of amides is 2. The van der Waals surface area contributed by atoms with E-state index in [0.717, 1.165) is 20.7 Å². The van der Waals surface area contributed by atoms with Gasteiger partial charge in [-0.3, -0.25) is 9.59 Å². The van der Waals surface area contributed by atoms with Gasteiger partial charge in [0, 0.05) is 18.6 Å². The number of hydrogen-bond acceptors (Lipinski definition) is 4. The fourth-order valence-electron chi connectivity index (χ4n) is 5.15. The summed E-state index contributed by atoms with van der Waals surface area (Å²) in [5.41, 5.74) is 1.91. The molecule has 2 bridgehead atoms. The first-order valence-corrected chi connectivity index (χ1v) is 9.83. The number of anilines is 1. The van der Waals surface area contributed by atoms with Gasteiger partial charge in [0.2, 0.25) is 0 Å². The number of hydrogen-bond donors (Lipinski definition) is 0. The van der Waals surface area contributed by atoms with Crippen molar-refractivity contribution in [1.29, 1.82) is 0 Å². The minimum atomic E-state index is -0.193. The molecular weight excluding hydrogens is 394 g/mol. The van der Waals surface area contributed by atoms with Crippen molar-refractivity contribution < 1.29 is 9.59 Å². The van der Waals surface area contributed by atoms with E-state index in [1.165, 1.54) is 6.42 Å². The monoisotopic (exact) mass is 413 g/mol. The van der Waals surface area contributed by atoms with Gasteiger partial charge in [0.05, 0.1) is 23.7 Å². The van der Waals surface area contributed by atoms with E-state index in [1.807, 2.05) is 37.2 Å². The van der Waals surface area contributed by atoms with Crippen LogP contribution in [-0.2, 0) is 9.59 Å². The molecule has 0 radical (unpaired) electrons. The average molecular weight is 414 g/mol. The molecule has 1 aromatic carbocycles. The summed E-state index contributed by atoms with van der Waals surface area (Å²) in [6, 6.07) is 5.86. The van der Waals surface area contributed by atoms with Gasteiger partial charge in [-0.1, -0.05) is 18.2 Å². The van der Waals surface area contributed by atoms with Crippen LogP contribution >= 0.6 is 15.9 Å². The molecule has 0 spiro atoms. The molecule has 1 aromatic rings. The Balaban J connectivity index is 1.40. The largest absolute Gasteiger partial charge is 0.377 e. The van der Waals surface area contributed by atoms with Gasteiger partial charge in [0.15, 0.2) is 0 Å². The molecule has 6 atom stereocenters. The fraction of sp³-hybridized carbons (Fsp3) is 0.450. The topological polar surface area (TPSA) is 53.0 Å². The van der Waals surface area contributed by atoms with E-state index in [0.29, 0.717) is 11.8 Å². The summed E-state index contributed by atoms with van der Waals surface area (Å²) in [5.74, 6) is 1.07. The maximum Gasteiger partial charge on any atom is 0.254 e. The molecule has 5 nitrogen and oxygen atoms in total. The van der Waals surface area contributed by atoms with E-state index < -0.39 is 0 Å². The first kappa shape index (κ1) is 16.2. The molecule has 0 N–H and O–H groups in total. The lowest BCUT2D eigenvalue weighted by molar-refractivity contribution is -0.140. The normalized spacial score (nSPS) is 36.7. The zero-order valence-electron chi connectivity index (χ0n) is 14.7. The second kappa shape index (κ2) is 5.52. The van der Waals surface area contributed by atoms with Gasteiger partial charge in [-0.15, -0.1) is 0 Å². The van der Waals surface area contributed by atoms with Crippen molar-refractivity contribution in [2.24, 2.45) is 40.6 Å². The van der Waals surface area contributed by atoms with E-state index in [9.17, 15) is 9.59 Å². The number of imide groups is 1. The van der Waals surface area contributed by atoms with Crippen LogP contribution < -0.4 is 4.90 Å². The number of carbonyl (C=O) groups excluding carboxylic acids is 2. The summed E-state index contributed by atoms with van der Waals surface area (Å²) in [5, 5.41) is 5.40. The predicted molar refractivity (Wildman–Crippen MR) is 103 cm³/mol. The Hall–Kier alpha value is -1.95. The van der Waals surface area contributed by atoms with Crippen LogP contribution in [0.3, 0.4) is 0 Å². The van der Waals surface area contributed by atoms with Crippen molar-refractivity contribution in [2.45, 2.75) is 6.42 Å². The van der Waals surface area contributed by atoms with E-state index in [2.05, 4.69) is 33.2 Å². The molecule has 6 heteroatoms. The van der Waals surface area contributed by atoms with Crippen LogP contribution in [0.25, 0.3) is 0 Å². The van der Waals surface area contributed by atoms with Crippen LogP contribution in [0.2, 0.25) is 0 Å². The third-order valence-corrected chi connectivity index (χ3v) is 7.05. The highest BCUT2D eigenvalue weighted by molar-refractivity contribution is 9.10. The highest BCUT2D eigenvalue weighted by Crippen LogP contribution is 2.65. The van der Waals surface area contributed by atoms with E-state index >= 15 is 0 Å². The second-order valence-electron chi connectivity index (χ2n) is 7.99. The lowest BCUT2D eigenvalue weighted by Crippen LogP contribution is -2.40. The Labute approximate surface area is 160 Å². The molecule has 4 aliphatic carbocycles. The van der Waals surface area contributed by atoms with Crippen molar-refractivity contribution >= 4 is 39.6 Å². The van der Waals surface area contributed by atoms with Gasteiger partial charge in [-0.2, -0.15) is 10.1 Å². The molecule has 1 aliphatic heterocycles. The third kappa shape index (κ3) is 2.17. The van der Waals surface area contributed by atoms with Crippen molar-refractivity contribution in [1.82, 2.24) is 5.01 Å². The Morgan fingerprint density at radius 1 is 1.12 bits per heavy atom. The molecule has 3 fully saturated rings. The zero-order chi connectivity index (χ0) is 18.2. The van der Waals surface area contributed by atoms with Crippen LogP contribution in [0.4, 0.5) is 5.69 Å². The molecule has 2 saturated carbocycles. The first-order chi connectivity index (χ1) is 12.5. The minimum absolute atomic E-state index is 0.120. The van der Waals surface area contributed by atoms with Gasteiger partial charge >= 0.3 is 0 Å². The van der Waals surface area contributed by atoms with Gasteiger partial charge in [-0.05, 0) is 63.7 Å². The minimum Gasteiger partial charge on any atom is -0.377 e. The molecule has 26 heavy (non-hydrogen) atoms. The SMILES string of the molecule is CN(C)c1ccc(/C=N\N2C(=O)[C@@H]3[C@@H]4C=C[C@H]([C@H]5C[C@H]45)[C@@H]3C2=O)cc1Br. The molecular formula is C20H20BrN3O2. The number of allylic oxidation sites excluding steroid dienone is 2. The number of benzene rings is 1. The highest BCUT2D eigenvalue weighted by Gasteiger charge is 2.67. The summed E-state index contributed by atoms with van der Waals surface area (Å²) in [7, 11) is 3.95. The van der Waals surface area contributed by atoms with E-state index in [-0.39, 0.29) is 35.5 Å². The Kier molecular flexibility index (Phi) is 3.45. The van der Waals surface area contributed by atoms with Crippen molar-refractivity contribution in [3.63, 3.8) is 0 Å². The van der Waals surface area contributed by atoms with Crippen LogP contribution in [0.5, 0.6) is 0 Å². The summed E-state index contributed by atoms with van der Waals surface area (Å²) >= 11 is 3.55. The second-order valence-corrected chi connectivity index (χ2v) is 8.85. The molecule has 6 rings (SSSR count). The summed E-state index contributed by atoms with van der Waals surface area (Å²) in [6.45, 7) is 0.